The van der Waals surface area contributed by atoms with Crippen molar-refractivity contribution < 1.29 is 4.74 Å². The van der Waals surface area contributed by atoms with Crippen molar-refractivity contribution in [2.45, 2.75) is 32.9 Å². The largest absolute Gasteiger partial charge is 0.383 e. The molecule has 0 fully saturated rings. The van der Waals surface area contributed by atoms with E-state index in [1.54, 1.807) is 24.8 Å². The Bertz CT molecular complexity index is 813. The average Bonchev–Trinajstić information content (AvgIpc) is 2.62. The van der Waals surface area contributed by atoms with Crippen molar-refractivity contribution >= 4 is 11.4 Å². The van der Waals surface area contributed by atoms with Gasteiger partial charge in [-0.3, -0.25) is 9.69 Å². The van der Waals surface area contributed by atoms with Crippen molar-refractivity contribution in [1.82, 2.24) is 9.47 Å². The van der Waals surface area contributed by atoms with Crippen LogP contribution in [0.3, 0.4) is 0 Å². The van der Waals surface area contributed by atoms with Gasteiger partial charge in [0.05, 0.1) is 12.3 Å². The number of hydrogen-bond acceptors (Lipinski definition) is 4. The predicted molar refractivity (Wildman–Crippen MR) is 106 cm³/mol. The first-order chi connectivity index (χ1) is 12.5. The summed E-state index contributed by atoms with van der Waals surface area (Å²) in [5.41, 5.74) is 5.05. The van der Waals surface area contributed by atoms with Crippen LogP contribution in [0.2, 0.25) is 0 Å². The molecule has 140 valence electrons. The third-order valence-corrected chi connectivity index (χ3v) is 5.04. The molecule has 5 heteroatoms. The van der Waals surface area contributed by atoms with Gasteiger partial charge in [-0.2, -0.15) is 0 Å². The molecule has 0 unspecified atom stereocenters. The predicted octanol–water partition coefficient (Wildman–Crippen LogP) is 2.94. The van der Waals surface area contributed by atoms with E-state index in [1.165, 1.54) is 16.8 Å². The van der Waals surface area contributed by atoms with Gasteiger partial charge >= 0.3 is 0 Å². The molecule has 0 amide bonds. The van der Waals surface area contributed by atoms with E-state index < -0.39 is 0 Å². The average molecular weight is 355 g/mol. The molecule has 0 aliphatic carbocycles. The number of benzene rings is 1. The molecule has 3 rings (SSSR count). The van der Waals surface area contributed by atoms with Gasteiger partial charge in [-0.25, -0.2) is 0 Å². The molecule has 0 radical (unpaired) electrons. The molecule has 0 bridgehead atoms. The summed E-state index contributed by atoms with van der Waals surface area (Å²) in [6.07, 6.45) is 2.99. The Morgan fingerprint density at radius 3 is 2.62 bits per heavy atom. The number of fused-ring (bicyclic) bond motifs is 1. The Hall–Kier alpha value is -2.11. The molecule has 0 N–H and O–H groups in total. The normalized spacial score (nSPS) is 14.5. The zero-order valence-corrected chi connectivity index (χ0v) is 16.2. The third kappa shape index (κ3) is 4.00. The van der Waals surface area contributed by atoms with Gasteiger partial charge < -0.3 is 14.2 Å². The van der Waals surface area contributed by atoms with E-state index in [4.69, 9.17) is 4.74 Å². The van der Waals surface area contributed by atoms with Crippen LogP contribution in [0.15, 0.2) is 41.3 Å². The van der Waals surface area contributed by atoms with Crippen molar-refractivity contribution in [3.8, 4) is 0 Å². The molecule has 1 aliphatic heterocycles. The Morgan fingerprint density at radius 2 is 1.92 bits per heavy atom. The standard InChI is InChI=1S/C21H29N3O2/c1-16(2)24(20-7-8-21(25)22(3)15-20)19-6-5-17-9-10-23(11-12-26-4)14-18(17)13-19/h5-8,13,15-16H,9-12,14H2,1-4H3. The topological polar surface area (TPSA) is 37.7 Å². The first kappa shape index (κ1) is 18.7. The number of nitrogens with zero attached hydrogens (tertiary/aromatic N) is 3. The van der Waals surface area contributed by atoms with Gasteiger partial charge in [0.25, 0.3) is 0 Å². The fraction of sp³-hybridized carbons (Fsp3) is 0.476. The molecular formula is C21H29N3O2. The van der Waals surface area contributed by atoms with Gasteiger partial charge in [0.15, 0.2) is 0 Å². The van der Waals surface area contributed by atoms with Crippen LogP contribution in [-0.4, -0.2) is 42.3 Å². The quantitative estimate of drug-likeness (QED) is 0.798. The summed E-state index contributed by atoms with van der Waals surface area (Å²) in [7, 11) is 3.55. The van der Waals surface area contributed by atoms with Gasteiger partial charge in [-0.1, -0.05) is 6.07 Å². The minimum absolute atomic E-state index is 0.0108. The van der Waals surface area contributed by atoms with Crippen LogP contribution in [-0.2, 0) is 24.8 Å². The molecule has 0 saturated heterocycles. The summed E-state index contributed by atoms with van der Waals surface area (Å²) in [6, 6.07) is 10.6. The second-order valence-electron chi connectivity index (χ2n) is 7.27. The zero-order chi connectivity index (χ0) is 18.7. The minimum Gasteiger partial charge on any atom is -0.383 e. The SMILES string of the molecule is COCCN1CCc2ccc(N(c3ccc(=O)n(C)c3)C(C)C)cc2C1. The van der Waals surface area contributed by atoms with Crippen LogP contribution in [0.25, 0.3) is 0 Å². The van der Waals surface area contributed by atoms with E-state index in [-0.39, 0.29) is 5.56 Å². The highest BCUT2D eigenvalue weighted by Crippen LogP contribution is 2.31. The third-order valence-electron chi connectivity index (χ3n) is 5.04. The number of ether oxygens (including phenoxy) is 1. The van der Waals surface area contributed by atoms with Gasteiger partial charge in [0.1, 0.15) is 0 Å². The zero-order valence-electron chi connectivity index (χ0n) is 16.2. The molecule has 0 spiro atoms. The van der Waals surface area contributed by atoms with Gasteiger partial charge in [-0.15, -0.1) is 0 Å². The monoisotopic (exact) mass is 355 g/mol. The number of aromatic nitrogens is 1. The fourth-order valence-corrected chi connectivity index (χ4v) is 3.63. The molecule has 1 aliphatic rings. The van der Waals surface area contributed by atoms with Crippen LogP contribution in [0.4, 0.5) is 11.4 Å². The molecule has 1 aromatic carbocycles. The summed E-state index contributed by atoms with van der Waals surface area (Å²) in [6.45, 7) is 8.14. The minimum atomic E-state index is 0.0108. The van der Waals surface area contributed by atoms with Crippen molar-refractivity contribution in [3.63, 3.8) is 0 Å². The lowest BCUT2D eigenvalue weighted by Gasteiger charge is -2.33. The molecule has 2 heterocycles. The maximum Gasteiger partial charge on any atom is 0.250 e. The highest BCUT2D eigenvalue weighted by atomic mass is 16.5. The number of rotatable bonds is 6. The lowest BCUT2D eigenvalue weighted by atomic mass is 9.98. The lowest BCUT2D eigenvalue weighted by molar-refractivity contribution is 0.141. The summed E-state index contributed by atoms with van der Waals surface area (Å²) in [4.78, 5) is 16.5. The van der Waals surface area contributed by atoms with Crippen molar-refractivity contribution in [2.75, 3.05) is 31.7 Å². The second kappa shape index (κ2) is 8.06. The second-order valence-corrected chi connectivity index (χ2v) is 7.27. The number of aryl methyl sites for hydroxylation is 1. The smallest absolute Gasteiger partial charge is 0.250 e. The molecule has 1 aromatic heterocycles. The van der Waals surface area contributed by atoms with Crippen molar-refractivity contribution in [3.05, 3.63) is 58.0 Å². The molecule has 0 saturated carbocycles. The molecule has 26 heavy (non-hydrogen) atoms. The Morgan fingerprint density at radius 1 is 1.15 bits per heavy atom. The van der Waals surface area contributed by atoms with E-state index in [0.717, 1.165) is 38.3 Å². The molecular weight excluding hydrogens is 326 g/mol. The summed E-state index contributed by atoms with van der Waals surface area (Å²) >= 11 is 0. The lowest BCUT2D eigenvalue weighted by Crippen LogP contribution is -2.33. The van der Waals surface area contributed by atoms with Crippen LogP contribution < -0.4 is 10.5 Å². The number of pyridine rings is 1. The number of anilines is 2. The Balaban J connectivity index is 1.91. The van der Waals surface area contributed by atoms with Crippen LogP contribution in [0.1, 0.15) is 25.0 Å². The van der Waals surface area contributed by atoms with Crippen molar-refractivity contribution in [2.24, 2.45) is 7.05 Å². The maximum atomic E-state index is 11.7. The van der Waals surface area contributed by atoms with E-state index >= 15 is 0 Å². The van der Waals surface area contributed by atoms with E-state index in [9.17, 15) is 4.79 Å². The summed E-state index contributed by atoms with van der Waals surface area (Å²) in [5, 5.41) is 0. The van der Waals surface area contributed by atoms with E-state index in [1.807, 2.05) is 12.3 Å². The van der Waals surface area contributed by atoms with Crippen molar-refractivity contribution in [1.29, 1.82) is 0 Å². The van der Waals surface area contributed by atoms with E-state index in [0.29, 0.717) is 6.04 Å². The van der Waals surface area contributed by atoms with E-state index in [2.05, 4.69) is 41.8 Å². The van der Waals surface area contributed by atoms with Gasteiger partial charge in [-0.05, 0) is 49.6 Å². The Kier molecular flexibility index (Phi) is 5.79. The van der Waals surface area contributed by atoms with Crippen LogP contribution >= 0.6 is 0 Å². The number of hydrogen-bond donors (Lipinski definition) is 0. The highest BCUT2D eigenvalue weighted by Gasteiger charge is 2.19. The summed E-state index contributed by atoms with van der Waals surface area (Å²) in [5.74, 6) is 0. The fourth-order valence-electron chi connectivity index (χ4n) is 3.63. The highest BCUT2D eigenvalue weighted by molar-refractivity contribution is 5.64. The first-order valence-corrected chi connectivity index (χ1v) is 9.28. The summed E-state index contributed by atoms with van der Waals surface area (Å²) < 4.78 is 6.86. The van der Waals surface area contributed by atoms with Crippen LogP contribution in [0.5, 0.6) is 0 Å². The van der Waals surface area contributed by atoms with Gasteiger partial charge in [0, 0.05) is 57.8 Å². The molecule has 2 aromatic rings. The Labute approximate surface area is 155 Å². The van der Waals surface area contributed by atoms with Crippen LogP contribution in [0, 0.1) is 0 Å². The molecule has 0 atom stereocenters. The molecule has 5 nitrogen and oxygen atoms in total. The van der Waals surface area contributed by atoms with Gasteiger partial charge in [0.2, 0.25) is 5.56 Å². The maximum absolute atomic E-state index is 11.7. The number of methoxy groups -OCH3 is 1. The first-order valence-electron chi connectivity index (χ1n) is 9.28.